The molecule has 0 aliphatic heterocycles. The molecule has 2 aromatic carbocycles. The Hall–Kier alpha value is -3.20. The molecule has 0 spiro atoms. The molecule has 8 nitrogen and oxygen atoms in total. The number of ether oxygens (including phenoxy) is 4. The van der Waals surface area contributed by atoms with Gasteiger partial charge in [0.1, 0.15) is 11.4 Å². The summed E-state index contributed by atoms with van der Waals surface area (Å²) < 4.78 is 23.4. The Kier molecular flexibility index (Phi) is 7.29. The zero-order chi connectivity index (χ0) is 23.3. The van der Waals surface area contributed by atoms with Crippen molar-refractivity contribution in [2.24, 2.45) is 0 Å². The Labute approximate surface area is 191 Å². The molecule has 170 valence electrons. The van der Waals surface area contributed by atoms with Crippen molar-refractivity contribution >= 4 is 17.7 Å². The molecular formula is C23H27N3O5S. The lowest BCUT2D eigenvalue weighted by Crippen LogP contribution is -2.25. The van der Waals surface area contributed by atoms with E-state index in [1.54, 1.807) is 21.3 Å². The quantitative estimate of drug-likeness (QED) is 0.364. The van der Waals surface area contributed by atoms with E-state index < -0.39 is 5.60 Å². The van der Waals surface area contributed by atoms with Gasteiger partial charge in [-0.1, -0.05) is 11.8 Å². The summed E-state index contributed by atoms with van der Waals surface area (Å²) in [6.07, 6.45) is 0. The summed E-state index contributed by atoms with van der Waals surface area (Å²) in [6.45, 7) is 5.51. The molecule has 0 atom stereocenters. The molecule has 1 aromatic heterocycles. The van der Waals surface area contributed by atoms with Gasteiger partial charge >= 0.3 is 5.97 Å². The van der Waals surface area contributed by atoms with Gasteiger partial charge in [-0.2, -0.15) is 0 Å². The minimum absolute atomic E-state index is 0.109. The standard InChI is InChI=1S/C23H27N3O5S/c1-23(2,3)31-20(27)14-32-22-25-24-21(15-7-12-18(29-5)19(13-15)30-6)26(22)16-8-10-17(28-4)11-9-16/h7-13H,14H2,1-6H3. The van der Waals surface area contributed by atoms with E-state index in [-0.39, 0.29) is 11.7 Å². The summed E-state index contributed by atoms with van der Waals surface area (Å²) in [7, 11) is 4.78. The smallest absolute Gasteiger partial charge is 0.316 e. The number of benzene rings is 2. The van der Waals surface area contributed by atoms with Crippen LogP contribution in [0.3, 0.4) is 0 Å². The van der Waals surface area contributed by atoms with Crippen molar-refractivity contribution in [1.82, 2.24) is 14.8 Å². The van der Waals surface area contributed by atoms with Crippen LogP contribution in [0.4, 0.5) is 0 Å². The van der Waals surface area contributed by atoms with Gasteiger partial charge in [0.15, 0.2) is 22.5 Å². The fourth-order valence-corrected chi connectivity index (χ4v) is 3.71. The van der Waals surface area contributed by atoms with Gasteiger partial charge < -0.3 is 18.9 Å². The summed E-state index contributed by atoms with van der Waals surface area (Å²) in [4.78, 5) is 12.2. The average Bonchev–Trinajstić information content (AvgIpc) is 3.20. The van der Waals surface area contributed by atoms with Crippen LogP contribution in [0.15, 0.2) is 47.6 Å². The van der Waals surface area contributed by atoms with E-state index in [1.165, 1.54) is 11.8 Å². The van der Waals surface area contributed by atoms with Crippen LogP contribution in [0.2, 0.25) is 0 Å². The average molecular weight is 458 g/mol. The van der Waals surface area contributed by atoms with Crippen LogP contribution < -0.4 is 14.2 Å². The molecule has 0 aliphatic carbocycles. The Bertz CT molecular complexity index is 1070. The highest BCUT2D eigenvalue weighted by Crippen LogP contribution is 2.34. The van der Waals surface area contributed by atoms with Gasteiger partial charge in [-0.3, -0.25) is 9.36 Å². The molecule has 3 aromatic rings. The van der Waals surface area contributed by atoms with Crippen molar-refractivity contribution in [3.8, 4) is 34.3 Å². The molecule has 3 rings (SSSR count). The second-order valence-corrected chi connectivity index (χ2v) is 8.73. The topological polar surface area (TPSA) is 84.7 Å². The van der Waals surface area contributed by atoms with Crippen molar-refractivity contribution in [3.63, 3.8) is 0 Å². The maximum absolute atomic E-state index is 12.2. The van der Waals surface area contributed by atoms with Crippen molar-refractivity contribution < 1.29 is 23.7 Å². The number of nitrogens with zero attached hydrogens (tertiary/aromatic N) is 3. The van der Waals surface area contributed by atoms with Crippen LogP contribution in [0, 0.1) is 0 Å². The number of thioether (sulfide) groups is 1. The molecule has 0 saturated heterocycles. The third-order valence-corrected chi connectivity index (χ3v) is 5.25. The normalized spacial score (nSPS) is 11.2. The monoisotopic (exact) mass is 457 g/mol. The fraction of sp³-hybridized carbons (Fsp3) is 0.348. The molecular weight excluding hydrogens is 430 g/mol. The minimum Gasteiger partial charge on any atom is -0.497 e. The second-order valence-electron chi connectivity index (χ2n) is 7.78. The number of esters is 1. The molecule has 0 amide bonds. The predicted octanol–water partition coefficient (Wildman–Crippen LogP) is 4.39. The summed E-state index contributed by atoms with van der Waals surface area (Å²) in [5, 5.41) is 9.30. The van der Waals surface area contributed by atoms with E-state index in [0.717, 1.165) is 17.0 Å². The number of hydrogen-bond acceptors (Lipinski definition) is 8. The lowest BCUT2D eigenvalue weighted by molar-refractivity contribution is -0.151. The Morgan fingerprint density at radius 1 is 0.938 bits per heavy atom. The molecule has 0 bridgehead atoms. The summed E-state index contributed by atoms with van der Waals surface area (Å²) >= 11 is 1.26. The van der Waals surface area contributed by atoms with Crippen LogP contribution in [-0.2, 0) is 9.53 Å². The second kappa shape index (κ2) is 9.95. The van der Waals surface area contributed by atoms with Gasteiger partial charge in [-0.05, 0) is 63.2 Å². The first kappa shape index (κ1) is 23.5. The van der Waals surface area contributed by atoms with Gasteiger partial charge in [0, 0.05) is 11.3 Å². The van der Waals surface area contributed by atoms with E-state index in [1.807, 2.05) is 67.8 Å². The maximum Gasteiger partial charge on any atom is 0.316 e. The number of carbonyl (C=O) groups is 1. The highest BCUT2D eigenvalue weighted by Gasteiger charge is 2.21. The number of aromatic nitrogens is 3. The molecule has 0 N–H and O–H groups in total. The molecule has 0 radical (unpaired) electrons. The molecule has 0 aliphatic rings. The largest absolute Gasteiger partial charge is 0.497 e. The number of methoxy groups -OCH3 is 3. The lowest BCUT2D eigenvalue weighted by atomic mass is 10.2. The van der Waals surface area contributed by atoms with Crippen LogP contribution in [-0.4, -0.2) is 53.4 Å². The van der Waals surface area contributed by atoms with Gasteiger partial charge in [0.05, 0.1) is 27.1 Å². The molecule has 32 heavy (non-hydrogen) atoms. The van der Waals surface area contributed by atoms with E-state index >= 15 is 0 Å². The van der Waals surface area contributed by atoms with Crippen molar-refractivity contribution in [2.45, 2.75) is 31.5 Å². The Morgan fingerprint density at radius 3 is 2.22 bits per heavy atom. The fourth-order valence-electron chi connectivity index (χ4n) is 2.98. The number of hydrogen-bond donors (Lipinski definition) is 0. The van der Waals surface area contributed by atoms with Gasteiger partial charge in [-0.25, -0.2) is 0 Å². The number of carbonyl (C=O) groups excluding carboxylic acids is 1. The van der Waals surface area contributed by atoms with Gasteiger partial charge in [0.25, 0.3) is 0 Å². The van der Waals surface area contributed by atoms with Crippen LogP contribution >= 0.6 is 11.8 Å². The first-order valence-electron chi connectivity index (χ1n) is 9.92. The first-order chi connectivity index (χ1) is 15.3. The lowest BCUT2D eigenvalue weighted by Gasteiger charge is -2.19. The van der Waals surface area contributed by atoms with E-state index in [4.69, 9.17) is 18.9 Å². The molecule has 0 fully saturated rings. The predicted molar refractivity (Wildman–Crippen MR) is 123 cm³/mol. The van der Waals surface area contributed by atoms with E-state index in [9.17, 15) is 4.79 Å². The van der Waals surface area contributed by atoms with E-state index in [0.29, 0.717) is 22.5 Å². The maximum atomic E-state index is 12.2. The van der Waals surface area contributed by atoms with E-state index in [2.05, 4.69) is 10.2 Å². The highest BCUT2D eigenvalue weighted by molar-refractivity contribution is 7.99. The van der Waals surface area contributed by atoms with Crippen LogP contribution in [0.1, 0.15) is 20.8 Å². The zero-order valence-corrected chi connectivity index (χ0v) is 19.9. The molecule has 1 heterocycles. The summed E-state index contributed by atoms with van der Waals surface area (Å²) in [6, 6.07) is 13.1. The van der Waals surface area contributed by atoms with Crippen molar-refractivity contribution in [3.05, 3.63) is 42.5 Å². The van der Waals surface area contributed by atoms with Gasteiger partial charge in [-0.15, -0.1) is 10.2 Å². The van der Waals surface area contributed by atoms with Crippen LogP contribution in [0.5, 0.6) is 17.2 Å². The van der Waals surface area contributed by atoms with Crippen molar-refractivity contribution in [2.75, 3.05) is 27.1 Å². The number of rotatable bonds is 8. The Balaban J connectivity index is 2.01. The summed E-state index contributed by atoms with van der Waals surface area (Å²) in [5.41, 5.74) is 1.06. The molecule has 0 saturated carbocycles. The summed E-state index contributed by atoms with van der Waals surface area (Å²) in [5.74, 6) is 2.32. The zero-order valence-electron chi connectivity index (χ0n) is 19.0. The van der Waals surface area contributed by atoms with Crippen molar-refractivity contribution in [1.29, 1.82) is 0 Å². The molecule has 9 heteroatoms. The van der Waals surface area contributed by atoms with Gasteiger partial charge in [0.2, 0.25) is 0 Å². The third kappa shape index (κ3) is 5.53. The Morgan fingerprint density at radius 2 is 1.62 bits per heavy atom. The minimum atomic E-state index is -0.549. The SMILES string of the molecule is COc1ccc(-n2c(SCC(=O)OC(C)(C)C)nnc2-c2ccc(OC)c(OC)c2)cc1. The third-order valence-electron chi connectivity index (χ3n) is 4.34. The molecule has 0 unspecified atom stereocenters. The highest BCUT2D eigenvalue weighted by atomic mass is 32.2. The van der Waals surface area contributed by atoms with Crippen LogP contribution in [0.25, 0.3) is 17.1 Å². The first-order valence-corrected chi connectivity index (χ1v) is 10.9.